The molecule has 124 valence electrons. The molecule has 0 bridgehead atoms. The number of carbonyl (C=O) groups excluding carboxylic acids is 1. The van der Waals surface area contributed by atoms with E-state index in [1.54, 1.807) is 0 Å². The maximum absolute atomic E-state index is 12.2. The minimum Gasteiger partial charge on any atom is -0.375 e. The predicted molar refractivity (Wildman–Crippen MR) is 95.5 cm³/mol. The molecule has 1 fully saturated rings. The number of hydrogen-bond acceptors (Lipinski definition) is 2. The topological polar surface area (TPSA) is 43.3 Å². The number of aromatic nitrogens is 1. The highest BCUT2D eigenvalue weighted by Gasteiger charge is 2.29. The number of benzene rings is 1. The van der Waals surface area contributed by atoms with Crippen molar-refractivity contribution in [3.05, 3.63) is 34.9 Å². The van der Waals surface area contributed by atoms with Crippen LogP contribution in [0, 0.1) is 0 Å². The molecule has 1 aromatic carbocycles. The number of carbonyl (C=O) groups is 1. The SMILES string of the molecule is CC1(C)C[C@@H](NC(=O)CCn2ccc3ccc(Br)cc32)CCO1. The van der Waals surface area contributed by atoms with Crippen molar-refractivity contribution < 1.29 is 9.53 Å². The van der Waals surface area contributed by atoms with E-state index in [0.717, 1.165) is 22.8 Å². The van der Waals surface area contributed by atoms with Gasteiger partial charge in [-0.3, -0.25) is 4.79 Å². The molecular weight excluding hydrogens is 356 g/mol. The Labute approximate surface area is 145 Å². The van der Waals surface area contributed by atoms with Gasteiger partial charge in [-0.15, -0.1) is 0 Å². The van der Waals surface area contributed by atoms with Crippen LogP contribution in [-0.2, 0) is 16.1 Å². The van der Waals surface area contributed by atoms with Gasteiger partial charge in [-0.1, -0.05) is 22.0 Å². The van der Waals surface area contributed by atoms with Crippen LogP contribution in [-0.4, -0.2) is 28.7 Å². The van der Waals surface area contributed by atoms with Crippen molar-refractivity contribution >= 4 is 32.7 Å². The van der Waals surface area contributed by atoms with Gasteiger partial charge in [0.1, 0.15) is 0 Å². The highest BCUT2D eigenvalue weighted by atomic mass is 79.9. The van der Waals surface area contributed by atoms with Crippen molar-refractivity contribution in [1.82, 2.24) is 9.88 Å². The van der Waals surface area contributed by atoms with E-state index in [1.165, 1.54) is 5.39 Å². The number of nitrogens with one attached hydrogen (secondary N) is 1. The Balaban J connectivity index is 1.57. The highest BCUT2D eigenvalue weighted by molar-refractivity contribution is 9.10. The number of hydrogen-bond donors (Lipinski definition) is 1. The third-order valence-electron chi connectivity index (χ3n) is 4.38. The summed E-state index contributed by atoms with van der Waals surface area (Å²) in [5.74, 6) is 0.115. The summed E-state index contributed by atoms with van der Waals surface area (Å²) in [6, 6.07) is 8.52. The fourth-order valence-corrected chi connectivity index (χ4v) is 3.58. The van der Waals surface area contributed by atoms with Crippen molar-refractivity contribution in [2.75, 3.05) is 6.61 Å². The van der Waals surface area contributed by atoms with Gasteiger partial charge in [0.2, 0.25) is 5.91 Å². The lowest BCUT2D eigenvalue weighted by Gasteiger charge is -2.35. The first-order valence-electron chi connectivity index (χ1n) is 8.11. The first-order chi connectivity index (χ1) is 10.9. The molecule has 0 saturated carbocycles. The maximum atomic E-state index is 12.2. The van der Waals surface area contributed by atoms with Gasteiger partial charge in [0.25, 0.3) is 0 Å². The maximum Gasteiger partial charge on any atom is 0.222 e. The van der Waals surface area contributed by atoms with Crippen molar-refractivity contribution in [3.8, 4) is 0 Å². The van der Waals surface area contributed by atoms with Crippen molar-refractivity contribution in [3.63, 3.8) is 0 Å². The number of aryl methyl sites for hydroxylation is 1. The molecule has 23 heavy (non-hydrogen) atoms. The molecule has 4 nitrogen and oxygen atoms in total. The van der Waals surface area contributed by atoms with Gasteiger partial charge in [0.15, 0.2) is 0 Å². The molecule has 1 amide bonds. The van der Waals surface area contributed by atoms with Crippen molar-refractivity contribution in [2.24, 2.45) is 0 Å². The lowest BCUT2D eigenvalue weighted by Crippen LogP contribution is -2.45. The molecule has 0 unspecified atom stereocenters. The smallest absolute Gasteiger partial charge is 0.222 e. The van der Waals surface area contributed by atoms with Gasteiger partial charge >= 0.3 is 0 Å². The number of ether oxygens (including phenoxy) is 1. The zero-order valence-electron chi connectivity index (χ0n) is 13.6. The van der Waals surface area contributed by atoms with E-state index < -0.39 is 0 Å². The van der Waals surface area contributed by atoms with Gasteiger partial charge in [0, 0.05) is 41.8 Å². The van der Waals surface area contributed by atoms with Crippen LogP contribution >= 0.6 is 15.9 Å². The molecule has 0 spiro atoms. The summed E-state index contributed by atoms with van der Waals surface area (Å²) in [5.41, 5.74) is 1.01. The second-order valence-corrected chi connectivity index (χ2v) is 7.74. The first-order valence-corrected chi connectivity index (χ1v) is 8.90. The van der Waals surface area contributed by atoms with Crippen LogP contribution in [0.1, 0.15) is 33.1 Å². The molecule has 1 atom stereocenters. The first kappa shape index (κ1) is 16.5. The van der Waals surface area contributed by atoms with Crippen LogP contribution < -0.4 is 5.32 Å². The van der Waals surface area contributed by atoms with E-state index >= 15 is 0 Å². The molecule has 5 heteroatoms. The van der Waals surface area contributed by atoms with Crippen LogP contribution in [0.3, 0.4) is 0 Å². The lowest BCUT2D eigenvalue weighted by molar-refractivity contribution is -0.124. The van der Waals surface area contributed by atoms with Crippen molar-refractivity contribution in [1.29, 1.82) is 0 Å². The lowest BCUT2D eigenvalue weighted by atomic mass is 9.94. The van der Waals surface area contributed by atoms with E-state index in [2.05, 4.69) is 57.9 Å². The number of fused-ring (bicyclic) bond motifs is 1. The van der Waals surface area contributed by atoms with E-state index in [9.17, 15) is 4.79 Å². The summed E-state index contributed by atoms with van der Waals surface area (Å²) in [5, 5.41) is 4.35. The van der Waals surface area contributed by atoms with Crippen LogP contribution in [0.4, 0.5) is 0 Å². The summed E-state index contributed by atoms with van der Waals surface area (Å²) in [6.07, 6.45) is 4.31. The molecule has 3 rings (SSSR count). The molecule has 1 saturated heterocycles. The second-order valence-electron chi connectivity index (χ2n) is 6.83. The minimum atomic E-state index is -0.140. The molecule has 1 aromatic heterocycles. The van der Waals surface area contributed by atoms with Gasteiger partial charge in [0.05, 0.1) is 5.60 Å². The average molecular weight is 379 g/mol. The number of halogens is 1. The predicted octanol–water partition coefficient (Wildman–Crippen LogP) is 3.87. The third-order valence-corrected chi connectivity index (χ3v) is 4.87. The number of amides is 1. The number of nitrogens with zero attached hydrogens (tertiary/aromatic N) is 1. The molecule has 1 aliphatic rings. The van der Waals surface area contributed by atoms with Gasteiger partial charge in [-0.25, -0.2) is 0 Å². The number of rotatable bonds is 4. The standard InChI is InChI=1S/C18H23BrN2O2/c1-18(2)12-15(7-10-23-18)20-17(22)6-9-21-8-5-13-3-4-14(19)11-16(13)21/h3-5,8,11,15H,6-7,9-10,12H2,1-2H3,(H,20,22)/t15-/m0/s1. The van der Waals surface area contributed by atoms with E-state index in [-0.39, 0.29) is 17.6 Å². The highest BCUT2D eigenvalue weighted by Crippen LogP contribution is 2.24. The summed E-state index contributed by atoms with van der Waals surface area (Å²) in [4.78, 5) is 12.2. The Morgan fingerprint density at radius 3 is 3.04 bits per heavy atom. The van der Waals surface area contributed by atoms with Gasteiger partial charge in [-0.05, 0) is 50.3 Å². The van der Waals surface area contributed by atoms with E-state index in [4.69, 9.17) is 4.74 Å². The molecule has 1 N–H and O–H groups in total. The normalized spacial score (nSPS) is 20.6. The Morgan fingerprint density at radius 2 is 2.26 bits per heavy atom. The molecule has 2 aromatic rings. The molecule has 0 aliphatic carbocycles. The van der Waals surface area contributed by atoms with Crippen LogP contribution in [0.25, 0.3) is 10.9 Å². The molecule has 2 heterocycles. The fraction of sp³-hybridized carbons (Fsp3) is 0.500. The summed E-state index contributed by atoms with van der Waals surface area (Å²) in [6.45, 7) is 5.57. The Morgan fingerprint density at radius 1 is 1.43 bits per heavy atom. The minimum absolute atomic E-state index is 0.115. The monoisotopic (exact) mass is 378 g/mol. The summed E-state index contributed by atoms with van der Waals surface area (Å²) >= 11 is 3.50. The zero-order chi connectivity index (χ0) is 16.4. The summed E-state index contributed by atoms with van der Waals surface area (Å²) in [7, 11) is 0. The van der Waals surface area contributed by atoms with Crippen molar-refractivity contribution in [2.45, 2.75) is 51.3 Å². The van der Waals surface area contributed by atoms with Gasteiger partial charge in [-0.2, -0.15) is 0 Å². The van der Waals surface area contributed by atoms with Crippen LogP contribution in [0.15, 0.2) is 34.9 Å². The van der Waals surface area contributed by atoms with E-state index in [0.29, 0.717) is 19.6 Å². The molecule has 1 aliphatic heterocycles. The second kappa shape index (κ2) is 6.65. The Kier molecular flexibility index (Phi) is 4.78. The fourth-order valence-electron chi connectivity index (χ4n) is 3.23. The third kappa shape index (κ3) is 4.15. The van der Waals surface area contributed by atoms with Crippen LogP contribution in [0.2, 0.25) is 0 Å². The molecule has 0 radical (unpaired) electrons. The van der Waals surface area contributed by atoms with E-state index in [1.807, 2.05) is 12.3 Å². The van der Waals surface area contributed by atoms with Gasteiger partial charge < -0.3 is 14.6 Å². The summed E-state index contributed by atoms with van der Waals surface area (Å²) < 4.78 is 8.88. The Hall–Kier alpha value is -1.33. The Bertz CT molecular complexity index is 708. The largest absolute Gasteiger partial charge is 0.375 e. The molecular formula is C18H23BrN2O2. The zero-order valence-corrected chi connectivity index (χ0v) is 15.2. The average Bonchev–Trinajstić information content (AvgIpc) is 2.86. The quantitative estimate of drug-likeness (QED) is 0.877. The van der Waals surface area contributed by atoms with Crippen LogP contribution in [0.5, 0.6) is 0 Å².